The van der Waals surface area contributed by atoms with Crippen molar-refractivity contribution in [2.24, 2.45) is 0 Å². The van der Waals surface area contributed by atoms with Crippen molar-refractivity contribution in [3.63, 3.8) is 0 Å². The summed E-state index contributed by atoms with van der Waals surface area (Å²) in [5.74, 6) is -0.925. The first kappa shape index (κ1) is 16.4. The second-order valence-electron chi connectivity index (χ2n) is 4.50. The Morgan fingerprint density at radius 2 is 2.10 bits per heavy atom. The molecular weight excluding hydrogens is 263 g/mol. The average Bonchev–Trinajstić information content (AvgIpc) is 2.42. The molecule has 1 aromatic carbocycles. The van der Waals surface area contributed by atoms with Crippen molar-refractivity contribution in [1.82, 2.24) is 4.90 Å². The van der Waals surface area contributed by atoms with Gasteiger partial charge in [-0.25, -0.2) is 4.39 Å². The van der Waals surface area contributed by atoms with Gasteiger partial charge in [-0.15, -0.1) is 0 Å². The van der Waals surface area contributed by atoms with Gasteiger partial charge in [0.25, 0.3) is 5.91 Å². The first-order chi connectivity index (χ1) is 9.52. The van der Waals surface area contributed by atoms with Crippen molar-refractivity contribution < 1.29 is 18.7 Å². The molecule has 1 atom stereocenters. The lowest BCUT2D eigenvalue weighted by molar-refractivity contribution is 0.0480. The van der Waals surface area contributed by atoms with Gasteiger partial charge in [0.2, 0.25) is 0 Å². The number of anilines is 1. The van der Waals surface area contributed by atoms with E-state index in [-0.39, 0.29) is 23.2 Å². The van der Waals surface area contributed by atoms with E-state index in [0.29, 0.717) is 19.8 Å². The van der Waals surface area contributed by atoms with E-state index in [1.54, 1.807) is 19.1 Å². The number of nitrogens with zero attached hydrogens (tertiary/aromatic N) is 1. The smallest absolute Gasteiger partial charge is 0.256 e. The molecule has 0 aliphatic carbocycles. The van der Waals surface area contributed by atoms with Crippen LogP contribution in [0.2, 0.25) is 0 Å². The predicted octanol–water partition coefficient (Wildman–Crippen LogP) is 1.53. The Morgan fingerprint density at radius 3 is 2.70 bits per heavy atom. The van der Waals surface area contributed by atoms with Crippen molar-refractivity contribution in [1.29, 1.82) is 0 Å². The number of methoxy groups -OCH3 is 2. The number of nitrogens with two attached hydrogens (primary N) is 1. The highest BCUT2D eigenvalue weighted by Crippen LogP contribution is 2.19. The fraction of sp³-hybridized carbons (Fsp3) is 0.500. The van der Waals surface area contributed by atoms with Gasteiger partial charge in [0.1, 0.15) is 5.82 Å². The molecule has 0 aromatic heterocycles. The summed E-state index contributed by atoms with van der Waals surface area (Å²) in [5, 5.41) is 0. The van der Waals surface area contributed by atoms with E-state index in [9.17, 15) is 9.18 Å². The molecule has 0 aliphatic heterocycles. The van der Waals surface area contributed by atoms with Crippen LogP contribution in [0.25, 0.3) is 0 Å². The zero-order valence-electron chi connectivity index (χ0n) is 12.1. The van der Waals surface area contributed by atoms with Crippen LogP contribution in [0, 0.1) is 5.82 Å². The fourth-order valence-electron chi connectivity index (χ4n) is 1.92. The summed E-state index contributed by atoms with van der Waals surface area (Å²) in [7, 11) is 3.12. The molecule has 0 saturated carbocycles. The van der Waals surface area contributed by atoms with Gasteiger partial charge in [-0.1, -0.05) is 6.07 Å². The fourth-order valence-corrected chi connectivity index (χ4v) is 1.92. The highest BCUT2D eigenvalue weighted by molar-refractivity contribution is 5.99. The van der Waals surface area contributed by atoms with Gasteiger partial charge in [0.05, 0.1) is 30.5 Å². The summed E-state index contributed by atoms with van der Waals surface area (Å²) in [6.45, 7) is 3.00. The van der Waals surface area contributed by atoms with Crippen LogP contribution in [0.15, 0.2) is 18.2 Å². The zero-order chi connectivity index (χ0) is 15.1. The third kappa shape index (κ3) is 3.91. The van der Waals surface area contributed by atoms with E-state index in [4.69, 9.17) is 15.2 Å². The first-order valence-electron chi connectivity index (χ1n) is 6.35. The second-order valence-corrected chi connectivity index (χ2v) is 4.50. The first-order valence-corrected chi connectivity index (χ1v) is 6.35. The number of carbonyl (C=O) groups excluding carboxylic acids is 1. The predicted molar refractivity (Wildman–Crippen MR) is 75.1 cm³/mol. The largest absolute Gasteiger partial charge is 0.396 e. The number of ether oxygens (including phenoxy) is 2. The molecule has 0 fully saturated rings. The Kier molecular flexibility index (Phi) is 6.41. The van der Waals surface area contributed by atoms with Gasteiger partial charge in [0.15, 0.2) is 0 Å². The maximum absolute atomic E-state index is 13.5. The van der Waals surface area contributed by atoms with E-state index in [1.165, 1.54) is 18.2 Å². The molecule has 1 unspecified atom stereocenters. The van der Waals surface area contributed by atoms with E-state index < -0.39 is 5.82 Å². The van der Waals surface area contributed by atoms with Crippen molar-refractivity contribution in [3.05, 3.63) is 29.6 Å². The van der Waals surface area contributed by atoms with Crippen LogP contribution < -0.4 is 5.73 Å². The van der Waals surface area contributed by atoms with E-state index in [0.717, 1.165) is 0 Å². The van der Waals surface area contributed by atoms with Gasteiger partial charge < -0.3 is 20.1 Å². The summed E-state index contributed by atoms with van der Waals surface area (Å²) in [4.78, 5) is 14.1. The van der Waals surface area contributed by atoms with Crippen LogP contribution in [0.4, 0.5) is 10.1 Å². The minimum Gasteiger partial charge on any atom is -0.396 e. The number of hydrogen-bond donors (Lipinski definition) is 1. The zero-order valence-corrected chi connectivity index (χ0v) is 12.1. The van der Waals surface area contributed by atoms with Crippen molar-refractivity contribution in [2.75, 3.05) is 39.7 Å². The minimum absolute atomic E-state index is 0.135. The maximum atomic E-state index is 13.5. The number of carbonyl (C=O) groups is 1. The van der Waals surface area contributed by atoms with Crippen LogP contribution in [-0.2, 0) is 9.47 Å². The molecule has 1 rings (SSSR count). The molecule has 0 saturated heterocycles. The number of benzene rings is 1. The molecule has 2 N–H and O–H groups in total. The Labute approximate surface area is 118 Å². The number of hydrogen-bond acceptors (Lipinski definition) is 4. The molecular formula is C14H21FN2O3. The summed E-state index contributed by atoms with van der Waals surface area (Å²) >= 11 is 0. The average molecular weight is 284 g/mol. The Morgan fingerprint density at radius 1 is 1.40 bits per heavy atom. The molecule has 5 nitrogen and oxygen atoms in total. The Hall–Kier alpha value is -1.66. The van der Waals surface area contributed by atoms with Gasteiger partial charge in [-0.2, -0.15) is 0 Å². The summed E-state index contributed by atoms with van der Waals surface area (Å²) in [6.07, 6.45) is 0. The molecule has 1 aromatic rings. The van der Waals surface area contributed by atoms with Crippen molar-refractivity contribution >= 4 is 11.6 Å². The molecule has 0 heterocycles. The standard InChI is InChI=1S/C14H21FN2O3/c1-10(9-20-3)17(7-8-19-2)14(18)11-5-4-6-12(15)13(11)16/h4-6,10H,7-9,16H2,1-3H3. The lowest BCUT2D eigenvalue weighted by Gasteiger charge is -2.29. The number of para-hydroxylation sites is 1. The van der Waals surface area contributed by atoms with Crippen LogP contribution in [0.5, 0.6) is 0 Å². The normalized spacial score (nSPS) is 12.2. The third-order valence-electron chi connectivity index (χ3n) is 3.02. The monoisotopic (exact) mass is 284 g/mol. The van der Waals surface area contributed by atoms with E-state index in [2.05, 4.69) is 0 Å². The summed E-state index contributed by atoms with van der Waals surface area (Å²) in [6, 6.07) is 4.05. The van der Waals surface area contributed by atoms with E-state index in [1.807, 2.05) is 6.92 Å². The van der Waals surface area contributed by atoms with Gasteiger partial charge >= 0.3 is 0 Å². The number of halogens is 1. The second kappa shape index (κ2) is 7.81. The van der Waals surface area contributed by atoms with E-state index >= 15 is 0 Å². The third-order valence-corrected chi connectivity index (χ3v) is 3.02. The van der Waals surface area contributed by atoms with Crippen LogP contribution in [0.1, 0.15) is 17.3 Å². The maximum Gasteiger partial charge on any atom is 0.256 e. The molecule has 0 bridgehead atoms. The van der Waals surface area contributed by atoms with Crippen molar-refractivity contribution in [2.45, 2.75) is 13.0 Å². The Bertz CT molecular complexity index is 454. The van der Waals surface area contributed by atoms with Crippen LogP contribution >= 0.6 is 0 Å². The van der Waals surface area contributed by atoms with Crippen LogP contribution in [-0.4, -0.2) is 50.8 Å². The van der Waals surface area contributed by atoms with Gasteiger partial charge in [-0.05, 0) is 19.1 Å². The van der Waals surface area contributed by atoms with Gasteiger partial charge in [0, 0.05) is 20.8 Å². The molecule has 6 heteroatoms. The number of rotatable bonds is 7. The number of nitrogen functional groups attached to an aromatic ring is 1. The molecule has 0 radical (unpaired) electrons. The van der Waals surface area contributed by atoms with Gasteiger partial charge in [-0.3, -0.25) is 4.79 Å². The topological polar surface area (TPSA) is 64.8 Å². The molecule has 0 aliphatic rings. The Balaban J connectivity index is 2.99. The highest BCUT2D eigenvalue weighted by atomic mass is 19.1. The summed E-state index contributed by atoms with van der Waals surface area (Å²) in [5.41, 5.74) is 5.66. The summed E-state index contributed by atoms with van der Waals surface area (Å²) < 4.78 is 23.5. The lowest BCUT2D eigenvalue weighted by Crippen LogP contribution is -2.43. The SMILES string of the molecule is COCCN(C(=O)c1cccc(F)c1N)C(C)COC. The minimum atomic E-state index is -0.595. The molecule has 20 heavy (non-hydrogen) atoms. The van der Waals surface area contributed by atoms with Crippen molar-refractivity contribution in [3.8, 4) is 0 Å². The van der Waals surface area contributed by atoms with Crippen LogP contribution in [0.3, 0.4) is 0 Å². The molecule has 112 valence electrons. The molecule has 1 amide bonds. The quantitative estimate of drug-likeness (QED) is 0.771. The molecule has 0 spiro atoms. The lowest BCUT2D eigenvalue weighted by atomic mass is 10.1. The number of amides is 1. The highest BCUT2D eigenvalue weighted by Gasteiger charge is 2.23.